The molecule has 2 unspecified atom stereocenters. The summed E-state index contributed by atoms with van der Waals surface area (Å²) in [5.74, 6) is 0.801. The molecule has 2 atom stereocenters. The van der Waals surface area contributed by atoms with Crippen LogP contribution in [0.2, 0.25) is 0 Å². The number of nitrogens with zero attached hydrogens (tertiary/aromatic N) is 1. The average Bonchev–Trinajstić information content (AvgIpc) is 2.50. The largest absolute Gasteiger partial charge is 0.471 e. The molecule has 3 nitrogen and oxygen atoms in total. The lowest BCUT2D eigenvalue weighted by Crippen LogP contribution is -2.45. The molecule has 2 aromatic rings. The van der Waals surface area contributed by atoms with Crippen molar-refractivity contribution in [3.05, 3.63) is 60.7 Å². The van der Waals surface area contributed by atoms with Crippen LogP contribution in [0.4, 0.5) is 5.69 Å². The lowest BCUT2D eigenvalue weighted by atomic mass is 10.2. The standard InChI is InChI=1S/C18H23NO2/c1-3-10-18(20)19(16-11-6-4-7-12-16)15(2)21-17-13-8-5-9-14-17/h4-9,11-15,18,20H,3,10H2,1-2H3. The number of rotatable bonds is 7. The number of aliphatic hydroxyl groups excluding tert-OH is 1. The van der Waals surface area contributed by atoms with Crippen LogP contribution in [0.5, 0.6) is 5.75 Å². The van der Waals surface area contributed by atoms with Crippen LogP contribution in [0.1, 0.15) is 26.7 Å². The first-order valence-electron chi connectivity index (χ1n) is 7.45. The lowest BCUT2D eigenvalue weighted by molar-refractivity contribution is 0.0994. The number of para-hydroxylation sites is 2. The second kappa shape index (κ2) is 7.70. The van der Waals surface area contributed by atoms with Crippen LogP contribution in [-0.2, 0) is 0 Å². The Morgan fingerprint density at radius 2 is 1.57 bits per heavy atom. The highest BCUT2D eigenvalue weighted by Crippen LogP contribution is 2.23. The van der Waals surface area contributed by atoms with E-state index in [0.29, 0.717) is 6.42 Å². The van der Waals surface area contributed by atoms with Gasteiger partial charge in [-0.1, -0.05) is 49.7 Å². The highest BCUT2D eigenvalue weighted by atomic mass is 16.5. The Morgan fingerprint density at radius 3 is 2.14 bits per heavy atom. The van der Waals surface area contributed by atoms with Crippen molar-refractivity contribution in [2.45, 2.75) is 39.1 Å². The summed E-state index contributed by atoms with van der Waals surface area (Å²) in [7, 11) is 0. The highest BCUT2D eigenvalue weighted by molar-refractivity contribution is 5.47. The van der Waals surface area contributed by atoms with E-state index in [9.17, 15) is 5.11 Å². The number of aliphatic hydroxyl groups is 1. The lowest BCUT2D eigenvalue weighted by Gasteiger charge is -2.35. The molecule has 2 aromatic carbocycles. The molecule has 0 amide bonds. The summed E-state index contributed by atoms with van der Waals surface area (Å²) in [5.41, 5.74) is 0.960. The van der Waals surface area contributed by atoms with Crippen LogP contribution < -0.4 is 9.64 Å². The Hall–Kier alpha value is -2.00. The Balaban J connectivity index is 2.18. The molecule has 0 spiro atoms. The summed E-state index contributed by atoms with van der Waals surface area (Å²) >= 11 is 0. The molecule has 0 aromatic heterocycles. The number of hydrogen-bond donors (Lipinski definition) is 1. The SMILES string of the molecule is CCCC(O)N(c1ccccc1)C(C)Oc1ccccc1. The zero-order valence-electron chi connectivity index (χ0n) is 12.6. The third-order valence-corrected chi connectivity index (χ3v) is 3.36. The first kappa shape index (κ1) is 15.4. The van der Waals surface area contributed by atoms with Crippen LogP contribution in [-0.4, -0.2) is 17.6 Å². The fraction of sp³-hybridized carbons (Fsp3) is 0.333. The van der Waals surface area contributed by atoms with Crippen molar-refractivity contribution in [3.63, 3.8) is 0 Å². The van der Waals surface area contributed by atoms with Gasteiger partial charge in [-0.15, -0.1) is 0 Å². The zero-order valence-corrected chi connectivity index (χ0v) is 12.6. The van der Waals surface area contributed by atoms with E-state index in [-0.39, 0.29) is 6.23 Å². The van der Waals surface area contributed by atoms with Crippen molar-refractivity contribution in [1.29, 1.82) is 0 Å². The molecular weight excluding hydrogens is 262 g/mol. The summed E-state index contributed by atoms with van der Waals surface area (Å²) < 4.78 is 5.96. The maximum Gasteiger partial charge on any atom is 0.171 e. The maximum absolute atomic E-state index is 10.5. The van der Waals surface area contributed by atoms with E-state index in [4.69, 9.17) is 4.74 Å². The van der Waals surface area contributed by atoms with Crippen molar-refractivity contribution in [2.24, 2.45) is 0 Å². The minimum atomic E-state index is -0.559. The van der Waals surface area contributed by atoms with Gasteiger partial charge in [-0.25, -0.2) is 0 Å². The van der Waals surface area contributed by atoms with Gasteiger partial charge in [-0.05, 0) is 37.6 Å². The Bertz CT molecular complexity index is 515. The average molecular weight is 285 g/mol. The van der Waals surface area contributed by atoms with E-state index >= 15 is 0 Å². The molecule has 0 aliphatic heterocycles. The van der Waals surface area contributed by atoms with Crippen LogP contribution in [0.15, 0.2) is 60.7 Å². The van der Waals surface area contributed by atoms with E-state index in [1.54, 1.807) is 0 Å². The topological polar surface area (TPSA) is 32.7 Å². The minimum Gasteiger partial charge on any atom is -0.471 e. The van der Waals surface area contributed by atoms with Gasteiger partial charge in [0.05, 0.1) is 0 Å². The molecular formula is C18H23NO2. The van der Waals surface area contributed by atoms with Crippen molar-refractivity contribution in [1.82, 2.24) is 0 Å². The van der Waals surface area contributed by atoms with Gasteiger partial charge in [0.1, 0.15) is 12.0 Å². The molecule has 3 heteroatoms. The molecule has 1 N–H and O–H groups in total. The van der Waals surface area contributed by atoms with E-state index in [1.807, 2.05) is 72.5 Å². The first-order valence-corrected chi connectivity index (χ1v) is 7.45. The van der Waals surface area contributed by atoms with Gasteiger partial charge in [-0.2, -0.15) is 0 Å². The second-order valence-corrected chi connectivity index (χ2v) is 5.04. The Labute approximate surface area is 126 Å². The van der Waals surface area contributed by atoms with Crippen molar-refractivity contribution < 1.29 is 9.84 Å². The number of ether oxygens (including phenoxy) is 1. The van der Waals surface area contributed by atoms with Crippen molar-refractivity contribution >= 4 is 5.69 Å². The van der Waals surface area contributed by atoms with Crippen LogP contribution >= 0.6 is 0 Å². The van der Waals surface area contributed by atoms with Crippen molar-refractivity contribution in [3.8, 4) is 5.75 Å². The van der Waals surface area contributed by atoms with Gasteiger partial charge in [0.25, 0.3) is 0 Å². The molecule has 0 heterocycles. The molecule has 21 heavy (non-hydrogen) atoms. The maximum atomic E-state index is 10.5. The molecule has 0 aliphatic carbocycles. The molecule has 0 radical (unpaired) electrons. The van der Waals surface area contributed by atoms with Gasteiger partial charge in [-0.3, -0.25) is 0 Å². The van der Waals surface area contributed by atoms with E-state index in [2.05, 4.69) is 6.92 Å². The normalized spacial score (nSPS) is 13.5. The van der Waals surface area contributed by atoms with E-state index < -0.39 is 6.23 Å². The predicted molar refractivity (Wildman–Crippen MR) is 86.4 cm³/mol. The van der Waals surface area contributed by atoms with Crippen LogP contribution in [0, 0.1) is 0 Å². The summed E-state index contributed by atoms with van der Waals surface area (Å²) in [6.45, 7) is 4.02. The van der Waals surface area contributed by atoms with Crippen LogP contribution in [0.25, 0.3) is 0 Å². The molecule has 0 bridgehead atoms. The predicted octanol–water partition coefficient (Wildman–Crippen LogP) is 4.04. The molecule has 2 rings (SSSR count). The molecule has 0 saturated carbocycles. The summed E-state index contributed by atoms with van der Waals surface area (Å²) in [5, 5.41) is 10.5. The molecule has 0 fully saturated rings. The van der Waals surface area contributed by atoms with E-state index in [0.717, 1.165) is 17.9 Å². The quantitative estimate of drug-likeness (QED) is 0.779. The van der Waals surface area contributed by atoms with Gasteiger partial charge in [0.2, 0.25) is 0 Å². The minimum absolute atomic E-state index is 0.253. The Morgan fingerprint density at radius 1 is 1.00 bits per heavy atom. The summed E-state index contributed by atoms with van der Waals surface area (Å²) in [4.78, 5) is 1.91. The van der Waals surface area contributed by atoms with Gasteiger partial charge in [0, 0.05) is 5.69 Å². The monoisotopic (exact) mass is 285 g/mol. The molecule has 112 valence electrons. The van der Waals surface area contributed by atoms with Gasteiger partial charge >= 0.3 is 0 Å². The highest BCUT2D eigenvalue weighted by Gasteiger charge is 2.22. The van der Waals surface area contributed by atoms with Gasteiger partial charge < -0.3 is 14.7 Å². The number of hydrogen-bond acceptors (Lipinski definition) is 3. The number of benzene rings is 2. The number of anilines is 1. The summed E-state index contributed by atoms with van der Waals surface area (Å²) in [6.07, 6.45) is 0.812. The molecule has 0 saturated heterocycles. The third-order valence-electron chi connectivity index (χ3n) is 3.36. The fourth-order valence-electron chi connectivity index (χ4n) is 2.37. The zero-order chi connectivity index (χ0) is 15.1. The second-order valence-electron chi connectivity index (χ2n) is 5.04. The smallest absolute Gasteiger partial charge is 0.171 e. The summed E-state index contributed by atoms with van der Waals surface area (Å²) in [6, 6.07) is 19.6. The van der Waals surface area contributed by atoms with E-state index in [1.165, 1.54) is 0 Å². The first-order chi connectivity index (χ1) is 10.2. The third kappa shape index (κ3) is 4.23. The fourth-order valence-corrected chi connectivity index (χ4v) is 2.37. The molecule has 0 aliphatic rings. The Kier molecular flexibility index (Phi) is 5.64. The van der Waals surface area contributed by atoms with Crippen LogP contribution in [0.3, 0.4) is 0 Å². The van der Waals surface area contributed by atoms with Gasteiger partial charge in [0.15, 0.2) is 6.23 Å². The van der Waals surface area contributed by atoms with Crippen molar-refractivity contribution in [2.75, 3.05) is 4.90 Å².